The monoisotopic (exact) mass is 236 g/mol. The molecule has 0 aromatic heterocycles. The number of cyclic esters (lactones) is 1. The smallest absolute Gasteiger partial charge is 0.333 e. The van der Waals surface area contributed by atoms with E-state index >= 15 is 0 Å². The Balaban J connectivity index is 1.89. The molecule has 0 bridgehead atoms. The molecule has 1 atom stereocenters. The van der Waals surface area contributed by atoms with Crippen LogP contribution in [0.4, 0.5) is 0 Å². The van der Waals surface area contributed by atoms with E-state index in [0.29, 0.717) is 5.57 Å². The SMILES string of the molecule is C=CCCCCCCCCC1CC(=C)C(=O)O1. The van der Waals surface area contributed by atoms with Crippen LogP contribution in [0.1, 0.15) is 57.8 Å². The normalized spacial score (nSPS) is 19.4. The van der Waals surface area contributed by atoms with Crippen LogP contribution in [0.5, 0.6) is 0 Å². The lowest BCUT2D eigenvalue weighted by molar-refractivity contribution is -0.139. The highest BCUT2D eigenvalue weighted by atomic mass is 16.5. The van der Waals surface area contributed by atoms with Crippen LogP contribution in [0, 0.1) is 0 Å². The van der Waals surface area contributed by atoms with Crippen molar-refractivity contribution in [3.63, 3.8) is 0 Å². The van der Waals surface area contributed by atoms with Gasteiger partial charge in [0.15, 0.2) is 0 Å². The first kappa shape index (κ1) is 14.0. The number of hydrogen-bond acceptors (Lipinski definition) is 2. The Hall–Kier alpha value is -1.05. The van der Waals surface area contributed by atoms with Gasteiger partial charge in [0.2, 0.25) is 0 Å². The Bertz CT molecular complexity index is 252. The van der Waals surface area contributed by atoms with Crippen LogP contribution in [-0.2, 0) is 9.53 Å². The van der Waals surface area contributed by atoms with Crippen LogP contribution in [0.25, 0.3) is 0 Å². The number of unbranched alkanes of at least 4 members (excludes halogenated alkanes) is 6. The lowest BCUT2D eigenvalue weighted by Gasteiger charge is -2.07. The van der Waals surface area contributed by atoms with E-state index in [4.69, 9.17) is 4.74 Å². The molecule has 2 heteroatoms. The molecular formula is C15H24O2. The maximum atomic E-state index is 11.1. The Morgan fingerprint density at radius 2 is 1.82 bits per heavy atom. The van der Waals surface area contributed by atoms with E-state index in [1.165, 1.54) is 32.1 Å². The average Bonchev–Trinajstić information content (AvgIpc) is 2.62. The fraction of sp³-hybridized carbons (Fsp3) is 0.667. The van der Waals surface area contributed by atoms with Crippen LogP contribution in [0.3, 0.4) is 0 Å². The van der Waals surface area contributed by atoms with Gasteiger partial charge in [-0.05, 0) is 25.7 Å². The van der Waals surface area contributed by atoms with Gasteiger partial charge >= 0.3 is 5.97 Å². The van der Waals surface area contributed by atoms with Gasteiger partial charge in [-0.15, -0.1) is 6.58 Å². The maximum absolute atomic E-state index is 11.1. The van der Waals surface area contributed by atoms with E-state index < -0.39 is 0 Å². The molecule has 2 nitrogen and oxygen atoms in total. The minimum Gasteiger partial charge on any atom is -0.459 e. The van der Waals surface area contributed by atoms with Crippen LogP contribution < -0.4 is 0 Å². The van der Waals surface area contributed by atoms with Crippen molar-refractivity contribution in [1.82, 2.24) is 0 Å². The van der Waals surface area contributed by atoms with Gasteiger partial charge in [0, 0.05) is 12.0 Å². The van der Waals surface area contributed by atoms with Crippen molar-refractivity contribution in [2.75, 3.05) is 0 Å². The zero-order valence-electron chi connectivity index (χ0n) is 10.7. The highest BCUT2D eigenvalue weighted by Crippen LogP contribution is 2.23. The summed E-state index contributed by atoms with van der Waals surface area (Å²) in [6, 6.07) is 0. The summed E-state index contributed by atoms with van der Waals surface area (Å²) < 4.78 is 5.18. The first-order chi connectivity index (χ1) is 8.24. The van der Waals surface area contributed by atoms with Crippen molar-refractivity contribution in [3.8, 4) is 0 Å². The molecule has 1 fully saturated rings. The summed E-state index contributed by atoms with van der Waals surface area (Å²) in [4.78, 5) is 11.1. The fourth-order valence-corrected chi connectivity index (χ4v) is 2.16. The molecule has 1 unspecified atom stereocenters. The third kappa shape index (κ3) is 5.71. The van der Waals surface area contributed by atoms with Crippen molar-refractivity contribution >= 4 is 5.97 Å². The number of rotatable bonds is 9. The number of carbonyl (C=O) groups excluding carboxylic acids is 1. The first-order valence-corrected chi connectivity index (χ1v) is 6.73. The molecule has 1 aliphatic rings. The molecule has 0 spiro atoms. The summed E-state index contributed by atoms with van der Waals surface area (Å²) in [6.45, 7) is 7.40. The molecule has 1 saturated heterocycles. The van der Waals surface area contributed by atoms with Crippen molar-refractivity contribution < 1.29 is 9.53 Å². The Morgan fingerprint density at radius 3 is 2.41 bits per heavy atom. The highest BCUT2D eigenvalue weighted by Gasteiger charge is 2.26. The lowest BCUT2D eigenvalue weighted by Crippen LogP contribution is -2.06. The quantitative estimate of drug-likeness (QED) is 0.260. The summed E-state index contributed by atoms with van der Waals surface area (Å²) in [6.07, 6.45) is 12.5. The van der Waals surface area contributed by atoms with E-state index in [2.05, 4.69) is 13.2 Å². The predicted molar refractivity (Wildman–Crippen MR) is 70.8 cm³/mol. The molecule has 17 heavy (non-hydrogen) atoms. The molecule has 0 N–H and O–H groups in total. The largest absolute Gasteiger partial charge is 0.459 e. The number of allylic oxidation sites excluding steroid dienone is 1. The molecule has 1 heterocycles. The number of ether oxygens (including phenoxy) is 1. The zero-order valence-corrected chi connectivity index (χ0v) is 10.7. The molecule has 96 valence electrons. The van der Waals surface area contributed by atoms with Crippen molar-refractivity contribution in [1.29, 1.82) is 0 Å². The summed E-state index contributed by atoms with van der Waals surface area (Å²) in [5.74, 6) is -0.195. The van der Waals surface area contributed by atoms with Crippen molar-refractivity contribution in [3.05, 3.63) is 24.8 Å². The minimum atomic E-state index is -0.195. The van der Waals surface area contributed by atoms with E-state index in [0.717, 1.165) is 25.7 Å². The number of hydrogen-bond donors (Lipinski definition) is 0. The van der Waals surface area contributed by atoms with Gasteiger partial charge in [-0.3, -0.25) is 0 Å². The van der Waals surface area contributed by atoms with E-state index in [9.17, 15) is 4.79 Å². The zero-order chi connectivity index (χ0) is 12.5. The van der Waals surface area contributed by atoms with Gasteiger partial charge in [-0.25, -0.2) is 4.79 Å². The Labute approximate surface area is 105 Å². The summed E-state index contributed by atoms with van der Waals surface area (Å²) in [5, 5.41) is 0. The molecule has 1 aliphatic heterocycles. The first-order valence-electron chi connectivity index (χ1n) is 6.73. The standard InChI is InChI=1S/C15H24O2/c1-3-4-5-6-7-8-9-10-11-14-12-13(2)15(16)17-14/h3,14H,1-2,4-12H2. The topological polar surface area (TPSA) is 26.3 Å². The molecular weight excluding hydrogens is 212 g/mol. The average molecular weight is 236 g/mol. The Morgan fingerprint density at radius 1 is 1.18 bits per heavy atom. The summed E-state index contributed by atoms with van der Waals surface area (Å²) >= 11 is 0. The van der Waals surface area contributed by atoms with Gasteiger partial charge in [0.05, 0.1) is 0 Å². The van der Waals surface area contributed by atoms with Gasteiger partial charge in [-0.2, -0.15) is 0 Å². The fourth-order valence-electron chi connectivity index (χ4n) is 2.16. The molecule has 0 amide bonds. The van der Waals surface area contributed by atoms with Crippen LogP contribution in [0.15, 0.2) is 24.8 Å². The second kappa shape index (κ2) is 8.10. The number of esters is 1. The summed E-state index contributed by atoms with van der Waals surface area (Å²) in [5.41, 5.74) is 0.638. The van der Waals surface area contributed by atoms with E-state index in [-0.39, 0.29) is 12.1 Å². The van der Waals surface area contributed by atoms with Crippen molar-refractivity contribution in [2.45, 2.75) is 63.9 Å². The lowest BCUT2D eigenvalue weighted by atomic mass is 10.0. The molecule has 0 aliphatic carbocycles. The van der Waals surface area contributed by atoms with Crippen LogP contribution >= 0.6 is 0 Å². The van der Waals surface area contributed by atoms with Gasteiger partial charge in [0.25, 0.3) is 0 Å². The third-order valence-electron chi connectivity index (χ3n) is 3.22. The number of carbonyl (C=O) groups is 1. The van der Waals surface area contributed by atoms with Crippen molar-refractivity contribution in [2.24, 2.45) is 0 Å². The molecule has 0 aromatic carbocycles. The molecule has 0 saturated carbocycles. The van der Waals surface area contributed by atoms with Crippen LogP contribution in [0.2, 0.25) is 0 Å². The van der Waals surface area contributed by atoms with Gasteiger partial charge in [0.1, 0.15) is 6.10 Å². The molecule has 0 radical (unpaired) electrons. The van der Waals surface area contributed by atoms with Gasteiger partial charge in [-0.1, -0.05) is 38.3 Å². The highest BCUT2D eigenvalue weighted by molar-refractivity contribution is 5.89. The third-order valence-corrected chi connectivity index (χ3v) is 3.22. The van der Waals surface area contributed by atoms with E-state index in [1.54, 1.807) is 0 Å². The van der Waals surface area contributed by atoms with Gasteiger partial charge < -0.3 is 4.74 Å². The minimum absolute atomic E-state index is 0.107. The Kier molecular flexibility index (Phi) is 6.68. The molecule has 1 rings (SSSR count). The summed E-state index contributed by atoms with van der Waals surface area (Å²) in [7, 11) is 0. The van der Waals surface area contributed by atoms with E-state index in [1.807, 2.05) is 6.08 Å². The second-order valence-electron chi connectivity index (χ2n) is 4.82. The second-order valence-corrected chi connectivity index (χ2v) is 4.82. The maximum Gasteiger partial charge on any atom is 0.333 e. The molecule has 0 aromatic rings. The van der Waals surface area contributed by atoms with Crippen LogP contribution in [-0.4, -0.2) is 12.1 Å². The predicted octanol–water partition coefficient (Wildman–Crippen LogP) is 4.16.